The summed E-state index contributed by atoms with van der Waals surface area (Å²) in [5, 5.41) is 0. The van der Waals surface area contributed by atoms with Gasteiger partial charge in [0.15, 0.2) is 0 Å². The summed E-state index contributed by atoms with van der Waals surface area (Å²) in [6.07, 6.45) is 2.73. The summed E-state index contributed by atoms with van der Waals surface area (Å²) in [6, 6.07) is 10.1. The van der Waals surface area contributed by atoms with Gasteiger partial charge in [-0.05, 0) is 49.2 Å². The van der Waals surface area contributed by atoms with Crippen molar-refractivity contribution in [3.8, 4) is 5.75 Å². The molecule has 1 aliphatic heterocycles. The maximum absolute atomic E-state index is 13.0. The smallest absolute Gasteiger partial charge is 0.123 e. The van der Waals surface area contributed by atoms with Crippen LogP contribution in [-0.4, -0.2) is 42.3 Å². The second kappa shape index (κ2) is 7.28. The topological polar surface area (TPSA) is 34.6 Å². The van der Waals surface area contributed by atoms with E-state index in [1.54, 1.807) is 19.2 Å². The minimum absolute atomic E-state index is 0.262. The number of benzene rings is 1. The van der Waals surface area contributed by atoms with Gasteiger partial charge in [0.1, 0.15) is 23.8 Å². The number of likely N-dealkylation sites (tertiary alicyclic amines) is 1. The Hall–Kier alpha value is -1.98. The van der Waals surface area contributed by atoms with Gasteiger partial charge < -0.3 is 9.47 Å². The molecular weight excluding hydrogens is 307 g/mol. The van der Waals surface area contributed by atoms with Crippen molar-refractivity contribution in [2.24, 2.45) is 0 Å². The monoisotopic (exact) mass is 330 g/mol. The normalized spacial score (nSPS) is 21.1. The van der Waals surface area contributed by atoms with Crippen LogP contribution >= 0.6 is 0 Å². The van der Waals surface area contributed by atoms with E-state index in [-0.39, 0.29) is 11.4 Å². The van der Waals surface area contributed by atoms with Gasteiger partial charge in [-0.25, -0.2) is 4.39 Å². The maximum Gasteiger partial charge on any atom is 0.123 e. The summed E-state index contributed by atoms with van der Waals surface area (Å²) in [5.41, 5.74) is 1.97. The molecule has 0 N–H and O–H groups in total. The standard InChI is InChI=1S/C19H23FN2O2/c1-15-4-3-10-21-18(15)12-22-11-9-19(13-22,23-2)14-24-17-7-5-16(20)6-8-17/h3-8,10H,9,11-14H2,1-2H3. The molecule has 0 amide bonds. The zero-order valence-corrected chi connectivity index (χ0v) is 14.2. The number of aromatic nitrogens is 1. The highest BCUT2D eigenvalue weighted by Gasteiger charge is 2.39. The van der Waals surface area contributed by atoms with Crippen molar-refractivity contribution in [1.82, 2.24) is 9.88 Å². The molecule has 1 saturated heterocycles. The van der Waals surface area contributed by atoms with E-state index >= 15 is 0 Å². The van der Waals surface area contributed by atoms with Crippen LogP contribution in [0.25, 0.3) is 0 Å². The number of nitrogens with zero attached hydrogens (tertiary/aromatic N) is 2. The molecular formula is C19H23FN2O2. The number of hydrogen-bond acceptors (Lipinski definition) is 4. The zero-order valence-electron chi connectivity index (χ0n) is 14.2. The molecule has 0 spiro atoms. The van der Waals surface area contributed by atoms with Gasteiger partial charge in [-0.3, -0.25) is 9.88 Å². The summed E-state index contributed by atoms with van der Waals surface area (Å²) < 4.78 is 24.6. The molecule has 0 saturated carbocycles. The lowest BCUT2D eigenvalue weighted by molar-refractivity contribution is -0.0360. The van der Waals surface area contributed by atoms with Crippen LogP contribution in [0.1, 0.15) is 17.7 Å². The number of pyridine rings is 1. The second-order valence-corrected chi connectivity index (χ2v) is 6.36. The summed E-state index contributed by atoms with van der Waals surface area (Å²) in [7, 11) is 1.73. The van der Waals surface area contributed by atoms with Crippen LogP contribution < -0.4 is 4.74 Å². The number of aryl methyl sites for hydroxylation is 1. The Morgan fingerprint density at radius 2 is 2.04 bits per heavy atom. The third-order valence-electron chi connectivity index (χ3n) is 4.64. The van der Waals surface area contributed by atoms with Crippen molar-refractivity contribution in [3.63, 3.8) is 0 Å². The van der Waals surface area contributed by atoms with Gasteiger partial charge >= 0.3 is 0 Å². The van der Waals surface area contributed by atoms with Crippen molar-refractivity contribution >= 4 is 0 Å². The lowest BCUT2D eigenvalue weighted by Gasteiger charge is -2.28. The summed E-state index contributed by atoms with van der Waals surface area (Å²) in [6.45, 7) is 5.08. The van der Waals surface area contributed by atoms with E-state index in [1.165, 1.54) is 17.7 Å². The number of methoxy groups -OCH3 is 1. The van der Waals surface area contributed by atoms with Gasteiger partial charge in [0.05, 0.1) is 5.69 Å². The first-order chi connectivity index (χ1) is 11.6. The Labute approximate surface area is 142 Å². The number of rotatable bonds is 6. The predicted molar refractivity (Wildman–Crippen MR) is 90.5 cm³/mol. The Morgan fingerprint density at radius 3 is 2.75 bits per heavy atom. The van der Waals surface area contributed by atoms with Crippen molar-refractivity contribution in [3.05, 3.63) is 59.7 Å². The molecule has 1 unspecified atom stereocenters. The maximum atomic E-state index is 13.0. The molecule has 1 aromatic heterocycles. The van der Waals surface area contributed by atoms with E-state index in [1.807, 2.05) is 12.3 Å². The highest BCUT2D eigenvalue weighted by atomic mass is 19.1. The number of halogens is 1. The summed E-state index contributed by atoms with van der Waals surface area (Å²) in [4.78, 5) is 6.81. The van der Waals surface area contributed by atoms with Crippen molar-refractivity contribution in [2.45, 2.75) is 25.5 Å². The SMILES string of the molecule is COC1(COc2ccc(F)cc2)CCN(Cc2ncccc2C)C1. The first-order valence-electron chi connectivity index (χ1n) is 8.17. The van der Waals surface area contributed by atoms with Crippen molar-refractivity contribution in [2.75, 3.05) is 26.8 Å². The molecule has 128 valence electrons. The van der Waals surface area contributed by atoms with Gasteiger partial charge in [0, 0.05) is 32.9 Å². The molecule has 24 heavy (non-hydrogen) atoms. The van der Waals surface area contributed by atoms with Gasteiger partial charge in [-0.15, -0.1) is 0 Å². The molecule has 3 rings (SSSR count). The predicted octanol–water partition coefficient (Wildman–Crippen LogP) is 3.20. The zero-order chi connectivity index (χ0) is 17.0. The molecule has 5 heteroatoms. The molecule has 2 heterocycles. The van der Waals surface area contributed by atoms with Crippen molar-refractivity contribution in [1.29, 1.82) is 0 Å². The fourth-order valence-corrected chi connectivity index (χ4v) is 3.05. The van der Waals surface area contributed by atoms with Crippen LogP contribution in [0.3, 0.4) is 0 Å². The molecule has 4 nitrogen and oxygen atoms in total. The largest absolute Gasteiger partial charge is 0.491 e. The fraction of sp³-hybridized carbons (Fsp3) is 0.421. The minimum atomic E-state index is -0.336. The van der Waals surface area contributed by atoms with Crippen molar-refractivity contribution < 1.29 is 13.9 Å². The molecule has 0 aliphatic carbocycles. The fourth-order valence-electron chi connectivity index (χ4n) is 3.05. The molecule has 1 fully saturated rings. The van der Waals surface area contributed by atoms with Crippen LogP contribution in [0.15, 0.2) is 42.6 Å². The third-order valence-corrected chi connectivity index (χ3v) is 4.64. The molecule has 1 aromatic carbocycles. The van der Waals surface area contributed by atoms with Crippen LogP contribution in [0, 0.1) is 12.7 Å². The average Bonchev–Trinajstić information content (AvgIpc) is 3.00. The first-order valence-corrected chi connectivity index (χ1v) is 8.17. The molecule has 1 aliphatic rings. The Morgan fingerprint density at radius 1 is 1.25 bits per heavy atom. The van der Waals surface area contributed by atoms with E-state index in [9.17, 15) is 4.39 Å². The number of hydrogen-bond donors (Lipinski definition) is 0. The molecule has 0 bridgehead atoms. The van der Waals surface area contributed by atoms with E-state index in [2.05, 4.69) is 22.9 Å². The van der Waals surface area contributed by atoms with Gasteiger partial charge in [0.2, 0.25) is 0 Å². The van der Waals surface area contributed by atoms with E-state index < -0.39 is 0 Å². The van der Waals surface area contributed by atoms with Crippen LogP contribution in [-0.2, 0) is 11.3 Å². The lowest BCUT2D eigenvalue weighted by Crippen LogP contribution is -2.41. The molecule has 1 atom stereocenters. The number of ether oxygens (including phenoxy) is 2. The van der Waals surface area contributed by atoms with Gasteiger partial charge in [0.25, 0.3) is 0 Å². The van der Waals surface area contributed by atoms with E-state index in [0.717, 1.165) is 31.7 Å². The Bertz CT molecular complexity index is 677. The molecule has 0 radical (unpaired) electrons. The van der Waals surface area contributed by atoms with Gasteiger partial charge in [-0.1, -0.05) is 6.07 Å². The van der Waals surface area contributed by atoms with Gasteiger partial charge in [-0.2, -0.15) is 0 Å². The average molecular weight is 330 g/mol. The second-order valence-electron chi connectivity index (χ2n) is 6.36. The molecule has 2 aromatic rings. The highest BCUT2D eigenvalue weighted by molar-refractivity contribution is 5.22. The summed E-state index contributed by atoms with van der Waals surface area (Å²) in [5.74, 6) is 0.397. The van der Waals surface area contributed by atoms with E-state index in [0.29, 0.717) is 12.4 Å². The minimum Gasteiger partial charge on any atom is -0.491 e. The van der Waals surface area contributed by atoms with E-state index in [4.69, 9.17) is 9.47 Å². The lowest BCUT2D eigenvalue weighted by atomic mass is 10.0. The highest BCUT2D eigenvalue weighted by Crippen LogP contribution is 2.27. The Balaban J connectivity index is 1.60. The quantitative estimate of drug-likeness (QED) is 0.815. The third kappa shape index (κ3) is 3.91. The van der Waals surface area contributed by atoms with Crippen LogP contribution in [0.2, 0.25) is 0 Å². The Kier molecular flexibility index (Phi) is 5.11. The summed E-state index contributed by atoms with van der Waals surface area (Å²) >= 11 is 0. The van der Waals surface area contributed by atoms with Crippen LogP contribution in [0.4, 0.5) is 4.39 Å². The first kappa shape index (κ1) is 16.9. The van der Waals surface area contributed by atoms with Crippen LogP contribution in [0.5, 0.6) is 5.75 Å².